The molecule has 6 rings (SSSR count). The molecule has 34 heavy (non-hydrogen) atoms. The standard InChI is InChI=1S/C25H26N8O/c1-16-14-17(8-9-20(16)32-12-10-30(2)11-13-32)27-25-26-15-19-22(29-25)28-23-18-6-4-5-7-21(18)31(3)33(23)24(19)34/h4-9,14-15H,10-13H2,1-3H3,(H,26,27,29). The van der Waals surface area contributed by atoms with Gasteiger partial charge in [-0.05, 0) is 49.9 Å². The average molecular weight is 455 g/mol. The molecule has 3 aromatic heterocycles. The zero-order valence-corrected chi connectivity index (χ0v) is 19.5. The smallest absolute Gasteiger partial charge is 0.283 e. The fourth-order valence-corrected chi connectivity index (χ4v) is 4.80. The van der Waals surface area contributed by atoms with Crippen molar-refractivity contribution in [2.24, 2.45) is 7.05 Å². The van der Waals surface area contributed by atoms with E-state index in [2.05, 4.69) is 51.2 Å². The van der Waals surface area contributed by atoms with E-state index in [-0.39, 0.29) is 5.56 Å². The predicted octanol–water partition coefficient (Wildman–Crippen LogP) is 2.93. The number of likely N-dealkylation sites (N-methyl/N-ethyl adjacent to an activating group) is 1. The topological polar surface area (TPSA) is 83.6 Å². The SMILES string of the molecule is Cc1cc(Nc2ncc3c(=O)n4c(nc3n2)c2ccccc2n4C)ccc1N1CCN(C)CC1. The van der Waals surface area contributed by atoms with Crippen LogP contribution in [-0.4, -0.2) is 62.3 Å². The van der Waals surface area contributed by atoms with Crippen molar-refractivity contribution in [1.82, 2.24) is 29.0 Å². The highest BCUT2D eigenvalue weighted by Gasteiger charge is 2.17. The maximum Gasteiger partial charge on any atom is 0.283 e. The Balaban J connectivity index is 1.36. The molecule has 0 radical (unpaired) electrons. The number of hydrogen-bond acceptors (Lipinski definition) is 7. The average Bonchev–Trinajstić information content (AvgIpc) is 3.12. The van der Waals surface area contributed by atoms with Gasteiger partial charge in [-0.25, -0.2) is 9.97 Å². The zero-order valence-electron chi connectivity index (χ0n) is 19.5. The number of aromatic nitrogens is 5. The van der Waals surface area contributed by atoms with E-state index in [1.807, 2.05) is 42.1 Å². The number of fused-ring (bicyclic) bond motifs is 4. The first-order valence-electron chi connectivity index (χ1n) is 11.4. The summed E-state index contributed by atoms with van der Waals surface area (Å²) in [5.41, 5.74) is 5.08. The Kier molecular flexibility index (Phi) is 4.73. The van der Waals surface area contributed by atoms with Crippen LogP contribution in [0.1, 0.15) is 5.56 Å². The summed E-state index contributed by atoms with van der Waals surface area (Å²) >= 11 is 0. The monoisotopic (exact) mass is 454 g/mol. The van der Waals surface area contributed by atoms with Gasteiger partial charge in [-0.2, -0.15) is 9.50 Å². The van der Waals surface area contributed by atoms with Gasteiger partial charge in [0.25, 0.3) is 5.56 Å². The van der Waals surface area contributed by atoms with E-state index in [1.54, 1.807) is 10.7 Å². The molecule has 9 heteroatoms. The summed E-state index contributed by atoms with van der Waals surface area (Å²) in [5.74, 6) is 0.413. The van der Waals surface area contributed by atoms with Gasteiger partial charge in [-0.3, -0.25) is 9.48 Å². The minimum Gasteiger partial charge on any atom is -0.369 e. The highest BCUT2D eigenvalue weighted by atomic mass is 16.1. The predicted molar refractivity (Wildman–Crippen MR) is 135 cm³/mol. The lowest BCUT2D eigenvalue weighted by atomic mass is 10.1. The molecule has 172 valence electrons. The number of nitrogens with one attached hydrogen (secondary N) is 1. The Hall–Kier alpha value is -3.98. The van der Waals surface area contributed by atoms with Crippen LogP contribution in [0, 0.1) is 6.92 Å². The van der Waals surface area contributed by atoms with Crippen LogP contribution in [0.3, 0.4) is 0 Å². The Morgan fingerprint density at radius 1 is 0.941 bits per heavy atom. The van der Waals surface area contributed by atoms with Gasteiger partial charge in [-0.15, -0.1) is 0 Å². The summed E-state index contributed by atoms with van der Waals surface area (Å²) in [7, 11) is 4.02. The molecule has 1 aliphatic heterocycles. The fourth-order valence-electron chi connectivity index (χ4n) is 4.80. The third-order valence-electron chi connectivity index (χ3n) is 6.69. The number of hydrogen-bond donors (Lipinski definition) is 1. The number of benzene rings is 2. The lowest BCUT2D eigenvalue weighted by molar-refractivity contribution is 0.312. The molecular formula is C25H26N8O. The van der Waals surface area contributed by atoms with E-state index in [1.165, 1.54) is 11.3 Å². The van der Waals surface area contributed by atoms with Crippen molar-refractivity contribution in [1.29, 1.82) is 0 Å². The molecule has 0 unspecified atom stereocenters. The number of nitrogens with zero attached hydrogens (tertiary/aromatic N) is 7. The third kappa shape index (κ3) is 3.28. The molecule has 9 nitrogen and oxygen atoms in total. The van der Waals surface area contributed by atoms with Crippen molar-refractivity contribution >= 4 is 44.9 Å². The second-order valence-electron chi connectivity index (χ2n) is 8.94. The minimum atomic E-state index is -0.183. The molecule has 1 fully saturated rings. The van der Waals surface area contributed by atoms with Gasteiger partial charge in [0, 0.05) is 56.2 Å². The molecule has 0 spiro atoms. The summed E-state index contributed by atoms with van der Waals surface area (Å²) in [5, 5.41) is 4.58. The Morgan fingerprint density at radius 2 is 1.74 bits per heavy atom. The zero-order chi connectivity index (χ0) is 23.4. The molecule has 4 heterocycles. The highest BCUT2D eigenvalue weighted by Crippen LogP contribution is 2.26. The minimum absolute atomic E-state index is 0.183. The van der Waals surface area contributed by atoms with E-state index < -0.39 is 0 Å². The Labute approximate surface area is 196 Å². The second kappa shape index (κ2) is 7.81. The van der Waals surface area contributed by atoms with E-state index in [0.29, 0.717) is 22.6 Å². The van der Waals surface area contributed by atoms with Crippen LogP contribution in [0.15, 0.2) is 53.5 Å². The number of para-hydroxylation sites is 1. The van der Waals surface area contributed by atoms with Crippen LogP contribution in [-0.2, 0) is 7.05 Å². The molecule has 1 N–H and O–H groups in total. The molecule has 5 aromatic rings. The largest absolute Gasteiger partial charge is 0.369 e. The summed E-state index contributed by atoms with van der Waals surface area (Å²) in [6.07, 6.45) is 1.55. The summed E-state index contributed by atoms with van der Waals surface area (Å²) in [6, 6.07) is 14.1. The van der Waals surface area contributed by atoms with Gasteiger partial charge in [0.05, 0.1) is 5.52 Å². The molecule has 0 atom stereocenters. The number of anilines is 3. The molecule has 0 amide bonds. The maximum absolute atomic E-state index is 13.2. The molecular weight excluding hydrogens is 428 g/mol. The lowest BCUT2D eigenvalue weighted by Gasteiger charge is -2.35. The Morgan fingerprint density at radius 3 is 2.53 bits per heavy atom. The van der Waals surface area contributed by atoms with Gasteiger partial charge in [0.2, 0.25) is 5.95 Å². The van der Waals surface area contributed by atoms with Gasteiger partial charge in [-0.1, -0.05) is 12.1 Å². The second-order valence-corrected chi connectivity index (χ2v) is 8.94. The van der Waals surface area contributed by atoms with E-state index in [9.17, 15) is 4.79 Å². The summed E-state index contributed by atoms with van der Waals surface area (Å²) in [4.78, 5) is 31.7. The van der Waals surface area contributed by atoms with Crippen molar-refractivity contribution in [2.75, 3.05) is 43.4 Å². The van der Waals surface area contributed by atoms with E-state index >= 15 is 0 Å². The van der Waals surface area contributed by atoms with Crippen LogP contribution < -0.4 is 15.8 Å². The van der Waals surface area contributed by atoms with Crippen LogP contribution >= 0.6 is 0 Å². The van der Waals surface area contributed by atoms with Crippen LogP contribution in [0.2, 0.25) is 0 Å². The van der Waals surface area contributed by atoms with Crippen LogP contribution in [0.4, 0.5) is 17.3 Å². The molecule has 0 aliphatic carbocycles. The lowest BCUT2D eigenvalue weighted by Crippen LogP contribution is -2.44. The molecule has 0 bridgehead atoms. The quantitative estimate of drug-likeness (QED) is 0.449. The maximum atomic E-state index is 13.2. The number of rotatable bonds is 3. The molecule has 2 aromatic carbocycles. The molecule has 0 saturated carbocycles. The summed E-state index contributed by atoms with van der Waals surface area (Å²) in [6.45, 7) is 6.33. The van der Waals surface area contributed by atoms with Crippen molar-refractivity contribution in [3.05, 3.63) is 64.6 Å². The van der Waals surface area contributed by atoms with Crippen molar-refractivity contribution in [3.8, 4) is 0 Å². The number of piperazine rings is 1. The van der Waals surface area contributed by atoms with Crippen molar-refractivity contribution in [3.63, 3.8) is 0 Å². The van der Waals surface area contributed by atoms with E-state index in [4.69, 9.17) is 4.98 Å². The molecule has 1 saturated heterocycles. The van der Waals surface area contributed by atoms with E-state index in [0.717, 1.165) is 42.8 Å². The van der Waals surface area contributed by atoms with Gasteiger partial charge < -0.3 is 15.1 Å². The normalized spacial score (nSPS) is 15.0. The first-order chi connectivity index (χ1) is 16.5. The van der Waals surface area contributed by atoms with Gasteiger partial charge in [0.1, 0.15) is 5.39 Å². The van der Waals surface area contributed by atoms with Crippen molar-refractivity contribution < 1.29 is 0 Å². The summed E-state index contributed by atoms with van der Waals surface area (Å²) < 4.78 is 3.39. The van der Waals surface area contributed by atoms with Gasteiger partial charge >= 0.3 is 0 Å². The molecule has 1 aliphatic rings. The van der Waals surface area contributed by atoms with Crippen LogP contribution in [0.25, 0.3) is 27.6 Å². The van der Waals surface area contributed by atoms with Gasteiger partial charge in [0.15, 0.2) is 11.3 Å². The highest BCUT2D eigenvalue weighted by molar-refractivity contribution is 5.94. The fraction of sp³-hybridized carbons (Fsp3) is 0.280. The van der Waals surface area contributed by atoms with Crippen LogP contribution in [0.5, 0.6) is 0 Å². The first kappa shape index (κ1) is 20.6. The number of aryl methyl sites for hydroxylation is 2. The Bertz CT molecular complexity index is 1610. The third-order valence-corrected chi connectivity index (χ3v) is 6.69. The first-order valence-corrected chi connectivity index (χ1v) is 11.4. The van der Waals surface area contributed by atoms with Crippen molar-refractivity contribution in [2.45, 2.75) is 6.92 Å².